The van der Waals surface area contributed by atoms with Gasteiger partial charge in [0.05, 0.1) is 0 Å². The average molecular weight is 345 g/mol. The van der Waals surface area contributed by atoms with Crippen LogP contribution in [0.4, 0.5) is 5.69 Å². The van der Waals surface area contributed by atoms with E-state index >= 15 is 0 Å². The topological polar surface area (TPSA) is 24.1 Å². The van der Waals surface area contributed by atoms with Crippen LogP contribution in [0.2, 0.25) is 0 Å². The first-order valence-electron chi connectivity index (χ1n) is 9.48. The number of fused-ring (bicyclic) bond motifs is 1. The van der Waals surface area contributed by atoms with Crippen LogP contribution in [-0.2, 0) is 19.4 Å². The maximum absolute atomic E-state index is 3.62. The van der Waals surface area contributed by atoms with E-state index in [1.54, 1.807) is 0 Å². The number of nitrogens with one attached hydrogen (secondary N) is 2. The molecule has 2 heteroatoms. The molecule has 4 rings (SSSR count). The molecular weight excluding hydrogens is 316 g/mol. The second-order valence-electron chi connectivity index (χ2n) is 6.64. The van der Waals surface area contributed by atoms with Crippen LogP contribution in [0, 0.1) is 0 Å². The highest BCUT2D eigenvalue weighted by Crippen LogP contribution is 2.18. The fourth-order valence-corrected chi connectivity index (χ4v) is 3.32. The molecule has 1 aliphatic heterocycles. The van der Waals surface area contributed by atoms with Gasteiger partial charge in [0.2, 0.25) is 0 Å². The standard InChI is InChI=1S/C16H17N.C8H11N/c1-2-6-13(7-3-1)10-16-11-14-8-4-5-9-15(14)12-17-16;1-2-9-8-6-4-3-5-7-8/h1-9,16-17H,10-12H2;3-7,9H,2H2,1H3. The average Bonchev–Trinajstić information content (AvgIpc) is 2.70. The highest BCUT2D eigenvalue weighted by molar-refractivity contribution is 5.42. The van der Waals surface area contributed by atoms with E-state index in [1.165, 1.54) is 22.4 Å². The summed E-state index contributed by atoms with van der Waals surface area (Å²) in [7, 11) is 0. The van der Waals surface area contributed by atoms with Crippen molar-refractivity contribution in [2.75, 3.05) is 11.9 Å². The molecule has 2 nitrogen and oxygen atoms in total. The third kappa shape index (κ3) is 5.47. The predicted octanol–water partition coefficient (Wildman–Crippen LogP) is 5.06. The van der Waals surface area contributed by atoms with Crippen LogP contribution in [0.1, 0.15) is 23.6 Å². The lowest BCUT2D eigenvalue weighted by molar-refractivity contribution is 0.477. The molecule has 2 N–H and O–H groups in total. The van der Waals surface area contributed by atoms with Crippen molar-refractivity contribution in [2.45, 2.75) is 32.4 Å². The van der Waals surface area contributed by atoms with E-state index in [2.05, 4.69) is 84.3 Å². The second-order valence-corrected chi connectivity index (χ2v) is 6.64. The molecule has 1 unspecified atom stereocenters. The quantitative estimate of drug-likeness (QED) is 0.691. The third-order valence-electron chi connectivity index (χ3n) is 4.65. The minimum absolute atomic E-state index is 0.576. The normalized spacial score (nSPS) is 15.3. The maximum atomic E-state index is 3.62. The van der Waals surface area contributed by atoms with E-state index in [9.17, 15) is 0 Å². The zero-order chi connectivity index (χ0) is 18.0. The van der Waals surface area contributed by atoms with Crippen LogP contribution in [-0.4, -0.2) is 12.6 Å². The molecule has 134 valence electrons. The first-order chi connectivity index (χ1) is 12.8. The van der Waals surface area contributed by atoms with Crippen molar-refractivity contribution in [3.05, 3.63) is 102 Å². The van der Waals surface area contributed by atoms with Crippen LogP contribution < -0.4 is 10.6 Å². The number of anilines is 1. The summed E-state index contributed by atoms with van der Waals surface area (Å²) in [4.78, 5) is 0. The molecule has 3 aromatic carbocycles. The maximum Gasteiger partial charge on any atom is 0.0340 e. The van der Waals surface area contributed by atoms with Gasteiger partial charge in [-0.15, -0.1) is 0 Å². The van der Waals surface area contributed by atoms with Crippen molar-refractivity contribution in [3.63, 3.8) is 0 Å². The van der Waals surface area contributed by atoms with Gasteiger partial charge in [0.1, 0.15) is 0 Å². The van der Waals surface area contributed by atoms with Crippen LogP contribution in [0.3, 0.4) is 0 Å². The molecule has 1 heterocycles. The summed E-state index contributed by atoms with van der Waals surface area (Å²) in [5.74, 6) is 0. The summed E-state index contributed by atoms with van der Waals surface area (Å²) in [5.41, 5.74) is 5.58. The predicted molar refractivity (Wildman–Crippen MR) is 112 cm³/mol. The van der Waals surface area contributed by atoms with Gasteiger partial charge in [-0.25, -0.2) is 0 Å². The fourth-order valence-electron chi connectivity index (χ4n) is 3.32. The molecule has 1 atom stereocenters. The third-order valence-corrected chi connectivity index (χ3v) is 4.65. The molecule has 0 bridgehead atoms. The van der Waals surface area contributed by atoms with Crippen molar-refractivity contribution < 1.29 is 0 Å². The molecule has 0 aliphatic carbocycles. The first-order valence-corrected chi connectivity index (χ1v) is 9.48. The minimum atomic E-state index is 0.576. The Morgan fingerprint density at radius 3 is 2.12 bits per heavy atom. The summed E-state index contributed by atoms with van der Waals surface area (Å²) < 4.78 is 0. The number of hydrogen-bond donors (Lipinski definition) is 2. The van der Waals surface area contributed by atoms with Crippen LogP contribution in [0.5, 0.6) is 0 Å². The molecule has 26 heavy (non-hydrogen) atoms. The van der Waals surface area contributed by atoms with Crippen molar-refractivity contribution in [3.8, 4) is 0 Å². The number of rotatable bonds is 4. The summed E-state index contributed by atoms with van der Waals surface area (Å²) >= 11 is 0. The lowest BCUT2D eigenvalue weighted by Gasteiger charge is -2.26. The fraction of sp³-hybridized carbons (Fsp3) is 0.250. The Morgan fingerprint density at radius 2 is 1.42 bits per heavy atom. The molecule has 0 saturated carbocycles. The van der Waals surface area contributed by atoms with Crippen LogP contribution in [0.15, 0.2) is 84.9 Å². The number of para-hydroxylation sites is 1. The Bertz CT molecular complexity index is 768. The van der Waals surface area contributed by atoms with Crippen molar-refractivity contribution in [1.29, 1.82) is 0 Å². The van der Waals surface area contributed by atoms with E-state index < -0.39 is 0 Å². The first kappa shape index (κ1) is 18.2. The van der Waals surface area contributed by atoms with Crippen LogP contribution in [0.25, 0.3) is 0 Å². The van der Waals surface area contributed by atoms with Crippen molar-refractivity contribution >= 4 is 5.69 Å². The van der Waals surface area contributed by atoms with Crippen molar-refractivity contribution in [1.82, 2.24) is 5.32 Å². The van der Waals surface area contributed by atoms with Gasteiger partial charge in [0, 0.05) is 24.8 Å². The monoisotopic (exact) mass is 344 g/mol. The lowest BCUT2D eigenvalue weighted by Crippen LogP contribution is -2.37. The molecular formula is C24H28N2. The summed E-state index contributed by atoms with van der Waals surface area (Å²) in [6.07, 6.45) is 2.26. The Morgan fingerprint density at radius 1 is 0.808 bits per heavy atom. The largest absolute Gasteiger partial charge is 0.385 e. The van der Waals surface area contributed by atoms with E-state index in [4.69, 9.17) is 0 Å². The molecule has 0 radical (unpaired) electrons. The van der Waals surface area contributed by atoms with Gasteiger partial charge >= 0.3 is 0 Å². The van der Waals surface area contributed by atoms with Gasteiger partial charge in [-0.2, -0.15) is 0 Å². The van der Waals surface area contributed by atoms with Gasteiger partial charge < -0.3 is 10.6 Å². The number of benzene rings is 3. The van der Waals surface area contributed by atoms with Gasteiger partial charge in [0.15, 0.2) is 0 Å². The summed E-state index contributed by atoms with van der Waals surface area (Å²) in [5, 5.41) is 6.83. The van der Waals surface area contributed by atoms with Gasteiger partial charge in [-0.1, -0.05) is 72.8 Å². The highest BCUT2D eigenvalue weighted by Gasteiger charge is 2.17. The summed E-state index contributed by atoms with van der Waals surface area (Å²) in [6, 6.07) is 30.2. The van der Waals surface area contributed by atoms with E-state index in [-0.39, 0.29) is 0 Å². The molecule has 1 aliphatic rings. The Hall–Kier alpha value is -2.58. The van der Waals surface area contributed by atoms with Gasteiger partial charge in [0.25, 0.3) is 0 Å². The SMILES string of the molecule is CCNc1ccccc1.c1ccc(CC2Cc3ccccc3CN2)cc1. The van der Waals surface area contributed by atoms with Gasteiger partial charge in [-0.3, -0.25) is 0 Å². The highest BCUT2D eigenvalue weighted by atomic mass is 14.9. The van der Waals surface area contributed by atoms with E-state index in [0.717, 1.165) is 25.9 Å². The van der Waals surface area contributed by atoms with Gasteiger partial charge in [-0.05, 0) is 48.6 Å². The Kier molecular flexibility index (Phi) is 6.86. The molecule has 3 aromatic rings. The number of hydrogen-bond acceptors (Lipinski definition) is 2. The van der Waals surface area contributed by atoms with Crippen LogP contribution >= 0.6 is 0 Å². The second kappa shape index (κ2) is 9.79. The zero-order valence-electron chi connectivity index (χ0n) is 15.5. The molecule has 0 spiro atoms. The smallest absolute Gasteiger partial charge is 0.0340 e. The summed E-state index contributed by atoms with van der Waals surface area (Å²) in [6.45, 7) is 4.09. The zero-order valence-corrected chi connectivity index (χ0v) is 15.5. The molecule has 0 amide bonds. The van der Waals surface area contributed by atoms with E-state index in [1.807, 2.05) is 18.2 Å². The minimum Gasteiger partial charge on any atom is -0.385 e. The molecule has 0 aromatic heterocycles. The molecule has 0 fully saturated rings. The molecule has 0 saturated heterocycles. The Labute approximate surface area is 157 Å². The van der Waals surface area contributed by atoms with Crippen molar-refractivity contribution in [2.24, 2.45) is 0 Å². The lowest BCUT2D eigenvalue weighted by atomic mass is 9.92. The Balaban J connectivity index is 0.000000185. The van der Waals surface area contributed by atoms with E-state index in [0.29, 0.717) is 6.04 Å².